The van der Waals surface area contributed by atoms with Crippen molar-refractivity contribution >= 4 is 0 Å². The number of likely N-dealkylation sites (tertiary alicyclic amines) is 1. The summed E-state index contributed by atoms with van der Waals surface area (Å²) in [5.74, 6) is 0.837. The predicted molar refractivity (Wildman–Crippen MR) is 78.0 cm³/mol. The van der Waals surface area contributed by atoms with E-state index in [9.17, 15) is 0 Å². The monoisotopic (exact) mass is 256 g/mol. The number of ether oxygens (including phenoxy) is 1. The Morgan fingerprint density at radius 3 is 2.44 bits per heavy atom. The zero-order valence-electron chi connectivity index (χ0n) is 12.7. The predicted octanol–water partition coefficient (Wildman–Crippen LogP) is 2.51. The Balaban J connectivity index is 2.32. The van der Waals surface area contributed by atoms with E-state index in [-0.39, 0.29) is 0 Å². The second kappa shape index (κ2) is 8.89. The molecule has 0 aromatic heterocycles. The van der Waals surface area contributed by atoms with Crippen LogP contribution in [0.2, 0.25) is 0 Å². The summed E-state index contributed by atoms with van der Waals surface area (Å²) in [5, 5.41) is 3.78. The lowest BCUT2D eigenvalue weighted by Crippen LogP contribution is -2.46. The van der Waals surface area contributed by atoms with Crippen LogP contribution in [0.25, 0.3) is 0 Å². The van der Waals surface area contributed by atoms with Gasteiger partial charge >= 0.3 is 0 Å². The van der Waals surface area contributed by atoms with Gasteiger partial charge in [-0.25, -0.2) is 0 Å². The largest absolute Gasteiger partial charge is 0.383 e. The lowest BCUT2D eigenvalue weighted by Gasteiger charge is -2.36. The molecule has 0 radical (unpaired) electrons. The number of hydrogen-bond acceptors (Lipinski definition) is 3. The number of rotatable bonds is 8. The van der Waals surface area contributed by atoms with Gasteiger partial charge in [0.1, 0.15) is 0 Å². The summed E-state index contributed by atoms with van der Waals surface area (Å²) in [4.78, 5) is 2.56. The minimum Gasteiger partial charge on any atom is -0.383 e. The summed E-state index contributed by atoms with van der Waals surface area (Å²) in [6.45, 7) is 11.5. The SMILES string of the molecule is CCCC(COC)NC(C)C1CCN(CC)CC1. The average molecular weight is 256 g/mol. The molecule has 0 amide bonds. The summed E-state index contributed by atoms with van der Waals surface area (Å²) in [7, 11) is 1.80. The number of nitrogens with one attached hydrogen (secondary N) is 1. The zero-order chi connectivity index (χ0) is 13.4. The molecule has 1 aliphatic heterocycles. The number of methoxy groups -OCH3 is 1. The number of hydrogen-bond donors (Lipinski definition) is 1. The minimum atomic E-state index is 0.527. The van der Waals surface area contributed by atoms with Gasteiger partial charge in [0.25, 0.3) is 0 Å². The molecule has 0 saturated carbocycles. The fourth-order valence-corrected chi connectivity index (χ4v) is 3.04. The van der Waals surface area contributed by atoms with Crippen molar-refractivity contribution in [3.63, 3.8) is 0 Å². The molecule has 3 nitrogen and oxygen atoms in total. The molecule has 2 unspecified atom stereocenters. The molecule has 0 spiro atoms. The molecule has 0 aromatic carbocycles. The molecule has 18 heavy (non-hydrogen) atoms. The first-order valence-electron chi connectivity index (χ1n) is 7.68. The number of nitrogens with zero attached hydrogens (tertiary/aromatic N) is 1. The lowest BCUT2D eigenvalue weighted by molar-refractivity contribution is 0.131. The van der Waals surface area contributed by atoms with Gasteiger partial charge in [0, 0.05) is 19.2 Å². The lowest BCUT2D eigenvalue weighted by atomic mass is 9.89. The van der Waals surface area contributed by atoms with Crippen LogP contribution in [-0.4, -0.2) is 50.3 Å². The van der Waals surface area contributed by atoms with E-state index >= 15 is 0 Å². The van der Waals surface area contributed by atoms with Crippen molar-refractivity contribution in [1.82, 2.24) is 10.2 Å². The highest BCUT2D eigenvalue weighted by atomic mass is 16.5. The van der Waals surface area contributed by atoms with Crippen molar-refractivity contribution in [2.24, 2.45) is 5.92 Å². The second-order valence-corrected chi connectivity index (χ2v) is 5.67. The van der Waals surface area contributed by atoms with Crippen LogP contribution in [0.3, 0.4) is 0 Å². The summed E-state index contributed by atoms with van der Waals surface area (Å²) < 4.78 is 5.31. The van der Waals surface area contributed by atoms with Crippen LogP contribution in [-0.2, 0) is 4.74 Å². The highest BCUT2D eigenvalue weighted by Crippen LogP contribution is 2.21. The maximum Gasteiger partial charge on any atom is 0.0615 e. The third-order valence-electron chi connectivity index (χ3n) is 4.29. The van der Waals surface area contributed by atoms with E-state index in [4.69, 9.17) is 4.74 Å². The smallest absolute Gasteiger partial charge is 0.0615 e. The molecule has 0 aromatic rings. The van der Waals surface area contributed by atoms with Crippen molar-refractivity contribution in [1.29, 1.82) is 0 Å². The molecule has 108 valence electrons. The van der Waals surface area contributed by atoms with Crippen LogP contribution in [0.15, 0.2) is 0 Å². The Morgan fingerprint density at radius 2 is 1.94 bits per heavy atom. The van der Waals surface area contributed by atoms with Crippen LogP contribution in [0.5, 0.6) is 0 Å². The fraction of sp³-hybridized carbons (Fsp3) is 1.00. The maximum absolute atomic E-state index is 5.31. The second-order valence-electron chi connectivity index (χ2n) is 5.67. The first-order chi connectivity index (χ1) is 8.71. The Bertz CT molecular complexity index is 197. The summed E-state index contributed by atoms with van der Waals surface area (Å²) in [6.07, 6.45) is 5.12. The molecule has 3 heteroatoms. The Kier molecular flexibility index (Phi) is 7.87. The first kappa shape index (κ1) is 15.9. The van der Waals surface area contributed by atoms with Gasteiger partial charge in [0.15, 0.2) is 0 Å². The van der Waals surface area contributed by atoms with Crippen molar-refractivity contribution in [3.8, 4) is 0 Å². The Labute approximate surface area is 113 Å². The molecular weight excluding hydrogens is 224 g/mol. The van der Waals surface area contributed by atoms with Gasteiger partial charge in [0.2, 0.25) is 0 Å². The summed E-state index contributed by atoms with van der Waals surface area (Å²) >= 11 is 0. The third kappa shape index (κ3) is 5.25. The van der Waals surface area contributed by atoms with Crippen molar-refractivity contribution < 1.29 is 4.74 Å². The van der Waals surface area contributed by atoms with E-state index in [1.54, 1.807) is 7.11 Å². The minimum absolute atomic E-state index is 0.527. The molecule has 1 rings (SSSR count). The zero-order valence-corrected chi connectivity index (χ0v) is 12.7. The molecular formula is C15H32N2O. The highest BCUT2D eigenvalue weighted by molar-refractivity contribution is 4.81. The summed E-state index contributed by atoms with van der Waals surface area (Å²) in [6, 6.07) is 1.15. The van der Waals surface area contributed by atoms with Crippen molar-refractivity contribution in [2.75, 3.05) is 33.4 Å². The average Bonchev–Trinajstić information content (AvgIpc) is 2.39. The molecule has 2 atom stereocenters. The van der Waals surface area contributed by atoms with Gasteiger partial charge in [-0.2, -0.15) is 0 Å². The molecule has 0 bridgehead atoms. The van der Waals surface area contributed by atoms with Gasteiger partial charge in [-0.05, 0) is 51.7 Å². The number of piperidine rings is 1. The highest BCUT2D eigenvalue weighted by Gasteiger charge is 2.24. The first-order valence-corrected chi connectivity index (χ1v) is 7.68. The van der Waals surface area contributed by atoms with E-state index in [0.717, 1.165) is 12.5 Å². The van der Waals surface area contributed by atoms with Crippen LogP contribution < -0.4 is 5.32 Å². The van der Waals surface area contributed by atoms with Gasteiger partial charge in [-0.3, -0.25) is 0 Å². The van der Waals surface area contributed by atoms with Gasteiger partial charge in [0.05, 0.1) is 6.61 Å². The van der Waals surface area contributed by atoms with Gasteiger partial charge in [-0.1, -0.05) is 20.3 Å². The van der Waals surface area contributed by atoms with E-state index in [2.05, 4.69) is 31.0 Å². The van der Waals surface area contributed by atoms with Crippen molar-refractivity contribution in [2.45, 2.75) is 58.5 Å². The van der Waals surface area contributed by atoms with Crippen molar-refractivity contribution in [3.05, 3.63) is 0 Å². The van der Waals surface area contributed by atoms with Crippen LogP contribution in [0, 0.1) is 5.92 Å². The van der Waals surface area contributed by atoms with E-state index < -0.39 is 0 Å². The Hall–Kier alpha value is -0.120. The molecule has 1 N–H and O–H groups in total. The quantitative estimate of drug-likeness (QED) is 0.722. The topological polar surface area (TPSA) is 24.5 Å². The van der Waals surface area contributed by atoms with Gasteiger partial charge < -0.3 is 15.0 Å². The summed E-state index contributed by atoms with van der Waals surface area (Å²) in [5.41, 5.74) is 0. The molecule has 0 aliphatic carbocycles. The van der Waals surface area contributed by atoms with Crippen LogP contribution in [0.4, 0.5) is 0 Å². The van der Waals surface area contributed by atoms with E-state index in [0.29, 0.717) is 12.1 Å². The fourth-order valence-electron chi connectivity index (χ4n) is 3.04. The standard InChI is InChI=1S/C15H32N2O/c1-5-7-15(12-18-4)16-13(3)14-8-10-17(6-2)11-9-14/h13-16H,5-12H2,1-4H3. The molecule has 1 aliphatic rings. The van der Waals surface area contributed by atoms with E-state index in [1.165, 1.54) is 45.3 Å². The maximum atomic E-state index is 5.31. The Morgan fingerprint density at radius 1 is 1.28 bits per heavy atom. The molecule has 1 heterocycles. The van der Waals surface area contributed by atoms with Gasteiger partial charge in [-0.15, -0.1) is 0 Å². The van der Waals surface area contributed by atoms with Crippen LogP contribution >= 0.6 is 0 Å². The third-order valence-corrected chi connectivity index (χ3v) is 4.29. The molecule has 1 fully saturated rings. The molecule has 1 saturated heterocycles. The normalized spacial score (nSPS) is 22.0. The van der Waals surface area contributed by atoms with E-state index in [1.807, 2.05) is 0 Å². The van der Waals surface area contributed by atoms with Crippen LogP contribution in [0.1, 0.15) is 46.5 Å².